The average Bonchev–Trinajstić information content (AvgIpc) is 3.20. The number of amides is 1. The van der Waals surface area contributed by atoms with Crippen molar-refractivity contribution in [2.45, 2.75) is 37.5 Å². The van der Waals surface area contributed by atoms with Gasteiger partial charge in [0.1, 0.15) is 5.76 Å². The maximum atomic E-state index is 12.5. The lowest BCUT2D eigenvalue weighted by atomic mass is 10.2. The van der Waals surface area contributed by atoms with Gasteiger partial charge in [-0.2, -0.15) is 0 Å². The van der Waals surface area contributed by atoms with Crippen LogP contribution in [0.25, 0.3) is 0 Å². The van der Waals surface area contributed by atoms with Crippen molar-refractivity contribution >= 4 is 15.7 Å². The van der Waals surface area contributed by atoms with Gasteiger partial charge in [-0.05, 0) is 38.8 Å². The number of likely N-dealkylation sites (tertiary alicyclic amines) is 1. The van der Waals surface area contributed by atoms with Crippen molar-refractivity contribution < 1.29 is 17.7 Å². The first-order valence-corrected chi connectivity index (χ1v) is 9.43. The molecule has 0 aromatic carbocycles. The van der Waals surface area contributed by atoms with Crippen molar-refractivity contribution in [2.24, 2.45) is 0 Å². The number of pyridine rings is 1. The molecule has 128 valence electrons. The van der Waals surface area contributed by atoms with Crippen LogP contribution < -0.4 is 0 Å². The first kappa shape index (κ1) is 16.6. The van der Waals surface area contributed by atoms with E-state index >= 15 is 0 Å². The maximum Gasteiger partial charge on any atom is 0.255 e. The maximum absolute atomic E-state index is 12.5. The zero-order valence-corrected chi connectivity index (χ0v) is 14.5. The molecule has 2 aromatic heterocycles. The molecular weight excluding hydrogens is 330 g/mol. The Morgan fingerprint density at radius 1 is 1.25 bits per heavy atom. The first-order chi connectivity index (χ1) is 11.4. The number of rotatable bonds is 4. The summed E-state index contributed by atoms with van der Waals surface area (Å²) in [6.07, 6.45) is 3.34. The zero-order valence-electron chi connectivity index (χ0n) is 13.7. The van der Waals surface area contributed by atoms with Gasteiger partial charge in [-0.25, -0.2) is 13.4 Å². The topological polar surface area (TPSA) is 93.4 Å². The number of sulfone groups is 1. The van der Waals surface area contributed by atoms with Crippen molar-refractivity contribution in [2.75, 3.05) is 13.1 Å². The van der Waals surface area contributed by atoms with E-state index in [1.807, 2.05) is 0 Å². The molecule has 0 atom stereocenters. The van der Waals surface area contributed by atoms with Gasteiger partial charge < -0.3 is 9.42 Å². The Bertz CT molecular complexity index is 830. The molecule has 0 unspecified atom stereocenters. The molecule has 1 fully saturated rings. The lowest BCUT2D eigenvalue weighted by molar-refractivity contribution is 0.0792. The number of aryl methyl sites for hydroxylation is 2. The Hall–Kier alpha value is -2.22. The van der Waals surface area contributed by atoms with E-state index in [1.165, 1.54) is 18.3 Å². The molecule has 0 saturated carbocycles. The van der Waals surface area contributed by atoms with Gasteiger partial charge in [0.15, 0.2) is 14.9 Å². The van der Waals surface area contributed by atoms with Crippen LogP contribution in [0.1, 0.15) is 40.2 Å². The van der Waals surface area contributed by atoms with Gasteiger partial charge in [-0.15, -0.1) is 0 Å². The van der Waals surface area contributed by atoms with E-state index in [2.05, 4.69) is 10.1 Å². The summed E-state index contributed by atoms with van der Waals surface area (Å²) in [6.45, 7) is 4.86. The standard InChI is InChI=1S/C16H19N3O4S/c1-11-14(12(2)23-18-11)10-24(21,22)15-6-5-13(9-17-15)16(20)19-7-3-4-8-19/h5-6,9H,3-4,7-8,10H2,1-2H3. The van der Waals surface area contributed by atoms with E-state index in [4.69, 9.17) is 4.52 Å². The van der Waals surface area contributed by atoms with Crippen molar-refractivity contribution in [1.29, 1.82) is 0 Å². The van der Waals surface area contributed by atoms with Gasteiger partial charge in [0.05, 0.1) is 17.0 Å². The van der Waals surface area contributed by atoms with E-state index in [1.54, 1.807) is 18.7 Å². The van der Waals surface area contributed by atoms with Crippen molar-refractivity contribution in [3.8, 4) is 0 Å². The lowest BCUT2D eigenvalue weighted by Crippen LogP contribution is -2.27. The summed E-state index contributed by atoms with van der Waals surface area (Å²) >= 11 is 0. The molecule has 8 heteroatoms. The van der Waals surface area contributed by atoms with E-state index in [0.717, 1.165) is 25.9 Å². The normalized spacial score (nSPS) is 15.0. The van der Waals surface area contributed by atoms with Crippen LogP contribution in [0.3, 0.4) is 0 Å². The molecule has 1 aliphatic heterocycles. The number of hydrogen-bond acceptors (Lipinski definition) is 6. The summed E-state index contributed by atoms with van der Waals surface area (Å²) in [5.74, 6) is 0.159. The molecule has 1 amide bonds. The molecular formula is C16H19N3O4S. The molecule has 7 nitrogen and oxygen atoms in total. The van der Waals surface area contributed by atoms with Crippen LogP contribution in [0.4, 0.5) is 0 Å². The third kappa shape index (κ3) is 3.19. The minimum atomic E-state index is -3.63. The highest BCUT2D eigenvalue weighted by Crippen LogP contribution is 2.20. The van der Waals surface area contributed by atoms with Crippen LogP contribution >= 0.6 is 0 Å². The lowest BCUT2D eigenvalue weighted by Gasteiger charge is -2.14. The minimum absolute atomic E-state index is 0.0551. The number of hydrogen-bond donors (Lipinski definition) is 0. The Morgan fingerprint density at radius 2 is 1.96 bits per heavy atom. The van der Waals surface area contributed by atoms with E-state index in [-0.39, 0.29) is 16.7 Å². The van der Waals surface area contributed by atoms with Gasteiger partial charge >= 0.3 is 0 Å². The molecule has 0 radical (unpaired) electrons. The average molecular weight is 349 g/mol. The molecule has 3 rings (SSSR count). The highest BCUT2D eigenvalue weighted by Gasteiger charge is 2.24. The molecule has 0 bridgehead atoms. The Balaban J connectivity index is 1.80. The third-order valence-corrected chi connectivity index (χ3v) is 5.76. The molecule has 0 aliphatic carbocycles. The predicted octanol–water partition coefficient (Wildman–Crippen LogP) is 1.90. The fourth-order valence-corrected chi connectivity index (χ4v) is 4.19. The van der Waals surface area contributed by atoms with Crippen LogP contribution in [0.5, 0.6) is 0 Å². The molecule has 3 heterocycles. The second kappa shape index (κ2) is 6.35. The summed E-state index contributed by atoms with van der Waals surface area (Å²) in [4.78, 5) is 18.0. The zero-order chi connectivity index (χ0) is 17.3. The Morgan fingerprint density at radius 3 is 2.50 bits per heavy atom. The first-order valence-electron chi connectivity index (χ1n) is 7.78. The summed E-state index contributed by atoms with van der Waals surface area (Å²) in [5, 5.41) is 3.71. The summed E-state index contributed by atoms with van der Waals surface area (Å²) < 4.78 is 30.0. The van der Waals surface area contributed by atoms with E-state index < -0.39 is 9.84 Å². The van der Waals surface area contributed by atoms with Crippen LogP contribution in [0.15, 0.2) is 27.9 Å². The second-order valence-electron chi connectivity index (χ2n) is 5.95. The predicted molar refractivity (Wildman–Crippen MR) is 86.2 cm³/mol. The fourth-order valence-electron chi connectivity index (χ4n) is 2.77. The van der Waals surface area contributed by atoms with E-state index in [0.29, 0.717) is 22.6 Å². The molecule has 24 heavy (non-hydrogen) atoms. The van der Waals surface area contributed by atoms with E-state index in [9.17, 15) is 13.2 Å². The Kier molecular flexibility index (Phi) is 4.40. The third-order valence-electron chi connectivity index (χ3n) is 4.21. The van der Waals surface area contributed by atoms with Crippen molar-refractivity contribution in [3.63, 3.8) is 0 Å². The second-order valence-corrected chi connectivity index (χ2v) is 7.88. The number of aromatic nitrogens is 2. The highest BCUT2D eigenvalue weighted by atomic mass is 32.2. The van der Waals surface area contributed by atoms with Gasteiger partial charge in [0.25, 0.3) is 5.91 Å². The monoisotopic (exact) mass is 349 g/mol. The SMILES string of the molecule is Cc1noc(C)c1CS(=O)(=O)c1ccc(C(=O)N2CCCC2)cn1. The van der Waals surface area contributed by atoms with Crippen LogP contribution in [-0.4, -0.2) is 42.5 Å². The number of carbonyl (C=O) groups is 1. The smallest absolute Gasteiger partial charge is 0.255 e. The highest BCUT2D eigenvalue weighted by molar-refractivity contribution is 7.90. The van der Waals surface area contributed by atoms with Crippen molar-refractivity contribution in [3.05, 3.63) is 40.9 Å². The summed E-state index contributed by atoms with van der Waals surface area (Å²) in [5.41, 5.74) is 1.51. The van der Waals surface area contributed by atoms with Gasteiger partial charge in [0, 0.05) is 24.8 Å². The minimum Gasteiger partial charge on any atom is -0.361 e. The summed E-state index contributed by atoms with van der Waals surface area (Å²) in [6, 6.07) is 2.91. The molecule has 0 N–H and O–H groups in total. The molecule has 0 spiro atoms. The van der Waals surface area contributed by atoms with Crippen molar-refractivity contribution in [1.82, 2.24) is 15.0 Å². The largest absolute Gasteiger partial charge is 0.361 e. The Labute approximate surface area is 140 Å². The fraction of sp³-hybridized carbons (Fsp3) is 0.438. The molecule has 2 aromatic rings. The van der Waals surface area contributed by atoms with Crippen LogP contribution in [0.2, 0.25) is 0 Å². The van der Waals surface area contributed by atoms with Gasteiger partial charge in [0.2, 0.25) is 0 Å². The molecule has 1 saturated heterocycles. The number of nitrogens with zero attached hydrogens (tertiary/aromatic N) is 3. The van der Waals surface area contributed by atoms with Gasteiger partial charge in [-0.3, -0.25) is 4.79 Å². The quantitative estimate of drug-likeness (QED) is 0.837. The van der Waals surface area contributed by atoms with Crippen LogP contribution in [-0.2, 0) is 15.6 Å². The molecule has 1 aliphatic rings. The summed E-state index contributed by atoms with van der Waals surface area (Å²) in [7, 11) is -3.63. The van der Waals surface area contributed by atoms with Crippen LogP contribution in [0, 0.1) is 13.8 Å². The van der Waals surface area contributed by atoms with Gasteiger partial charge in [-0.1, -0.05) is 5.16 Å². The number of carbonyl (C=O) groups excluding carboxylic acids is 1.